The lowest BCUT2D eigenvalue weighted by Gasteiger charge is -2.17. The van der Waals surface area contributed by atoms with Crippen molar-refractivity contribution >= 4 is 5.97 Å². The summed E-state index contributed by atoms with van der Waals surface area (Å²) in [4.78, 5) is 24.0. The molecule has 0 N–H and O–H groups in total. The summed E-state index contributed by atoms with van der Waals surface area (Å²) >= 11 is 0. The molecule has 0 spiro atoms. The van der Waals surface area contributed by atoms with E-state index in [1.807, 2.05) is 6.07 Å². The van der Waals surface area contributed by atoms with Crippen molar-refractivity contribution in [3.05, 3.63) is 35.9 Å². The van der Waals surface area contributed by atoms with E-state index < -0.39 is 12.1 Å². The Morgan fingerprint density at radius 1 is 1.00 bits per heavy atom. The number of ether oxygens (including phenoxy) is 4. The van der Waals surface area contributed by atoms with E-state index in [2.05, 4.69) is 15.0 Å². The maximum Gasteiger partial charge on any atom is 0.352 e. The van der Waals surface area contributed by atoms with Gasteiger partial charge in [-0.3, -0.25) is 0 Å². The second-order valence-corrected chi connectivity index (χ2v) is 4.25. The number of methoxy groups -OCH3 is 2. The molecule has 0 amide bonds. The summed E-state index contributed by atoms with van der Waals surface area (Å²) in [6.07, 6.45) is -1.01. The van der Waals surface area contributed by atoms with Gasteiger partial charge in [0.1, 0.15) is 0 Å². The van der Waals surface area contributed by atoms with Gasteiger partial charge in [0.25, 0.3) is 0 Å². The zero-order chi connectivity index (χ0) is 16.7. The van der Waals surface area contributed by atoms with E-state index in [-0.39, 0.29) is 24.6 Å². The molecule has 0 aliphatic carbocycles. The predicted molar refractivity (Wildman–Crippen MR) is 79.4 cm³/mol. The molecule has 8 nitrogen and oxygen atoms in total. The smallest absolute Gasteiger partial charge is 0.352 e. The maximum absolute atomic E-state index is 12.2. The van der Waals surface area contributed by atoms with E-state index in [4.69, 9.17) is 18.9 Å². The van der Waals surface area contributed by atoms with Crippen molar-refractivity contribution in [2.45, 2.75) is 13.0 Å². The van der Waals surface area contributed by atoms with E-state index in [9.17, 15) is 4.79 Å². The molecule has 1 aromatic heterocycles. The van der Waals surface area contributed by atoms with Gasteiger partial charge in [-0.1, -0.05) is 30.3 Å². The van der Waals surface area contributed by atoms with Crippen LogP contribution in [0.2, 0.25) is 0 Å². The zero-order valence-electron chi connectivity index (χ0n) is 13.1. The monoisotopic (exact) mass is 319 g/mol. The minimum absolute atomic E-state index is 0.0162. The second-order valence-electron chi connectivity index (χ2n) is 4.25. The zero-order valence-corrected chi connectivity index (χ0v) is 13.1. The average Bonchev–Trinajstić information content (AvgIpc) is 2.60. The molecule has 8 heteroatoms. The molecule has 2 aromatic rings. The van der Waals surface area contributed by atoms with Crippen LogP contribution in [-0.4, -0.2) is 41.7 Å². The molecule has 23 heavy (non-hydrogen) atoms. The summed E-state index contributed by atoms with van der Waals surface area (Å²) in [5.74, 6) is -0.544. The van der Waals surface area contributed by atoms with E-state index in [1.165, 1.54) is 14.2 Å². The van der Waals surface area contributed by atoms with Gasteiger partial charge in [0.05, 0.1) is 20.8 Å². The summed E-state index contributed by atoms with van der Waals surface area (Å²) in [7, 11) is 2.80. The van der Waals surface area contributed by atoms with Crippen LogP contribution in [0.25, 0.3) is 0 Å². The third-order valence-corrected chi connectivity index (χ3v) is 2.77. The van der Waals surface area contributed by atoms with Crippen LogP contribution in [0.4, 0.5) is 0 Å². The molecule has 122 valence electrons. The minimum atomic E-state index is -1.01. The number of hydrogen-bond donors (Lipinski definition) is 0. The minimum Gasteiger partial charge on any atom is -0.467 e. The summed E-state index contributed by atoms with van der Waals surface area (Å²) in [6.45, 7) is 1.95. The fourth-order valence-corrected chi connectivity index (χ4v) is 1.76. The van der Waals surface area contributed by atoms with Crippen molar-refractivity contribution in [3.8, 4) is 18.0 Å². The third kappa shape index (κ3) is 4.29. The molecule has 0 fully saturated rings. The van der Waals surface area contributed by atoms with Crippen LogP contribution in [0.5, 0.6) is 18.0 Å². The van der Waals surface area contributed by atoms with Crippen LogP contribution in [0.15, 0.2) is 30.3 Å². The molecule has 1 unspecified atom stereocenters. The number of carbonyl (C=O) groups is 1. The van der Waals surface area contributed by atoms with Crippen molar-refractivity contribution in [2.24, 2.45) is 0 Å². The van der Waals surface area contributed by atoms with Crippen LogP contribution in [0.3, 0.4) is 0 Å². The fourth-order valence-electron chi connectivity index (χ4n) is 1.76. The molecule has 0 aliphatic rings. The highest BCUT2D eigenvalue weighted by Gasteiger charge is 2.26. The first-order valence-corrected chi connectivity index (χ1v) is 6.90. The summed E-state index contributed by atoms with van der Waals surface area (Å²) < 4.78 is 20.6. The number of carbonyl (C=O) groups excluding carboxylic acids is 1. The van der Waals surface area contributed by atoms with Crippen LogP contribution in [0, 0.1) is 0 Å². The van der Waals surface area contributed by atoms with Gasteiger partial charge in [-0.05, 0) is 6.92 Å². The molecular weight excluding hydrogens is 302 g/mol. The van der Waals surface area contributed by atoms with E-state index >= 15 is 0 Å². The topological polar surface area (TPSA) is 92.7 Å². The average molecular weight is 319 g/mol. The van der Waals surface area contributed by atoms with Gasteiger partial charge >= 0.3 is 24.0 Å². The fraction of sp³-hybridized carbons (Fsp3) is 0.333. The van der Waals surface area contributed by atoms with Gasteiger partial charge in [-0.25, -0.2) is 4.79 Å². The van der Waals surface area contributed by atoms with Gasteiger partial charge < -0.3 is 18.9 Å². The van der Waals surface area contributed by atoms with Crippen LogP contribution in [-0.2, 0) is 9.53 Å². The first-order chi connectivity index (χ1) is 11.2. The first kappa shape index (κ1) is 16.5. The Labute approximate surface area is 133 Å². The number of rotatable bonds is 7. The van der Waals surface area contributed by atoms with Crippen molar-refractivity contribution < 1.29 is 23.7 Å². The molecule has 1 aromatic carbocycles. The van der Waals surface area contributed by atoms with Crippen LogP contribution >= 0.6 is 0 Å². The number of aromatic nitrogens is 3. The second kappa shape index (κ2) is 7.92. The highest BCUT2D eigenvalue weighted by molar-refractivity contribution is 5.76. The molecule has 0 aliphatic heterocycles. The number of nitrogens with zero attached hydrogens (tertiary/aromatic N) is 3. The molecule has 2 rings (SSSR count). The highest BCUT2D eigenvalue weighted by Crippen LogP contribution is 2.23. The predicted octanol–water partition coefficient (Wildman–Crippen LogP) is 1.57. The van der Waals surface area contributed by atoms with Crippen molar-refractivity contribution in [1.29, 1.82) is 0 Å². The standard InChI is InChI=1S/C15H17N3O5/c1-4-22-12(19)11(10-8-6-5-7-9-10)23-15-17-13(20-2)16-14(18-15)21-3/h5-9,11H,4H2,1-3H3. The molecule has 1 heterocycles. The van der Waals surface area contributed by atoms with Crippen molar-refractivity contribution in [1.82, 2.24) is 15.0 Å². The Kier molecular flexibility index (Phi) is 5.67. The van der Waals surface area contributed by atoms with Crippen LogP contribution < -0.4 is 14.2 Å². The summed E-state index contributed by atoms with van der Waals surface area (Å²) in [6, 6.07) is 8.84. The largest absolute Gasteiger partial charge is 0.467 e. The Morgan fingerprint density at radius 2 is 1.57 bits per heavy atom. The van der Waals surface area contributed by atoms with E-state index in [1.54, 1.807) is 31.2 Å². The summed E-state index contributed by atoms with van der Waals surface area (Å²) in [5, 5.41) is 0. The molecule has 0 saturated heterocycles. The van der Waals surface area contributed by atoms with Crippen molar-refractivity contribution in [3.63, 3.8) is 0 Å². The molecule has 0 bridgehead atoms. The van der Waals surface area contributed by atoms with Crippen molar-refractivity contribution in [2.75, 3.05) is 20.8 Å². The molecular formula is C15H17N3O5. The molecule has 0 saturated carbocycles. The molecule has 0 radical (unpaired) electrons. The SMILES string of the molecule is CCOC(=O)C(Oc1nc(OC)nc(OC)n1)c1ccccc1. The lowest BCUT2D eigenvalue weighted by atomic mass is 10.1. The van der Waals surface area contributed by atoms with Gasteiger partial charge in [0, 0.05) is 5.56 Å². The Morgan fingerprint density at radius 3 is 2.09 bits per heavy atom. The van der Waals surface area contributed by atoms with E-state index in [0.717, 1.165) is 0 Å². The molecule has 1 atom stereocenters. The first-order valence-electron chi connectivity index (χ1n) is 6.90. The van der Waals surface area contributed by atoms with Gasteiger partial charge in [-0.15, -0.1) is 15.0 Å². The lowest BCUT2D eigenvalue weighted by molar-refractivity contribution is -0.152. The lowest BCUT2D eigenvalue weighted by Crippen LogP contribution is -2.22. The Bertz CT molecular complexity index is 629. The van der Waals surface area contributed by atoms with Gasteiger partial charge in [0.15, 0.2) is 0 Å². The maximum atomic E-state index is 12.2. The Hall–Kier alpha value is -2.90. The summed E-state index contributed by atoms with van der Waals surface area (Å²) in [5.41, 5.74) is 0.615. The van der Waals surface area contributed by atoms with E-state index in [0.29, 0.717) is 5.56 Å². The normalized spacial score (nSPS) is 11.4. The third-order valence-electron chi connectivity index (χ3n) is 2.77. The number of hydrogen-bond acceptors (Lipinski definition) is 8. The van der Waals surface area contributed by atoms with Crippen LogP contribution in [0.1, 0.15) is 18.6 Å². The highest BCUT2D eigenvalue weighted by atomic mass is 16.6. The Balaban J connectivity index is 2.32. The number of esters is 1. The number of benzene rings is 1. The quantitative estimate of drug-likeness (QED) is 0.710. The van der Waals surface area contributed by atoms with Gasteiger partial charge in [-0.2, -0.15) is 0 Å². The van der Waals surface area contributed by atoms with Gasteiger partial charge in [0.2, 0.25) is 6.10 Å².